The zero-order chi connectivity index (χ0) is 22.5. The van der Waals surface area contributed by atoms with Crippen LogP contribution in [0.15, 0.2) is 67.3 Å². The van der Waals surface area contributed by atoms with Gasteiger partial charge in [0.05, 0.1) is 14.2 Å². The quantitative estimate of drug-likeness (QED) is 0.457. The van der Waals surface area contributed by atoms with Crippen LogP contribution in [0.5, 0.6) is 11.5 Å². The second-order valence-electron chi connectivity index (χ2n) is 6.83. The summed E-state index contributed by atoms with van der Waals surface area (Å²) in [5.74, 6) is 3.01. The topological polar surface area (TPSA) is 103 Å². The number of imidazole rings is 1. The first-order chi connectivity index (χ1) is 15.6. The van der Waals surface area contributed by atoms with Gasteiger partial charge >= 0.3 is 0 Å². The number of methoxy groups -OCH3 is 2. The van der Waals surface area contributed by atoms with Crippen LogP contribution in [0.4, 0.5) is 17.2 Å². The van der Waals surface area contributed by atoms with Gasteiger partial charge in [0.15, 0.2) is 11.5 Å². The number of hydrogen-bond acceptors (Lipinski definition) is 7. The Balaban J connectivity index is 1.44. The van der Waals surface area contributed by atoms with Crippen molar-refractivity contribution < 1.29 is 14.3 Å². The molecule has 0 aliphatic carbocycles. The van der Waals surface area contributed by atoms with Gasteiger partial charge in [-0.15, -0.1) is 0 Å². The van der Waals surface area contributed by atoms with Crippen LogP contribution in [0.3, 0.4) is 0 Å². The first-order valence-electron chi connectivity index (χ1n) is 9.80. The van der Waals surface area contributed by atoms with Crippen molar-refractivity contribution in [1.82, 2.24) is 19.5 Å². The van der Waals surface area contributed by atoms with Gasteiger partial charge in [-0.2, -0.15) is 0 Å². The Hall–Kier alpha value is -4.40. The van der Waals surface area contributed by atoms with Crippen LogP contribution in [0.25, 0.3) is 5.82 Å². The molecule has 0 atom stereocenters. The third kappa shape index (κ3) is 4.51. The van der Waals surface area contributed by atoms with Gasteiger partial charge in [0.1, 0.15) is 23.8 Å². The molecular formula is C23H22N6O3. The first-order valence-corrected chi connectivity index (χ1v) is 9.80. The molecule has 0 saturated heterocycles. The number of aromatic nitrogens is 4. The summed E-state index contributed by atoms with van der Waals surface area (Å²) in [7, 11) is 3.08. The normalized spacial score (nSPS) is 10.5. The molecule has 2 N–H and O–H groups in total. The molecule has 9 nitrogen and oxygen atoms in total. The standard InChI is InChI=1S/C23H22N6O3/c1-15-24-10-11-29(15)22-13-21(25-14-26-22)27-17-5-7-18(8-6-17)28-23(30)16-4-9-19(31-2)20(12-16)32-3/h4-14H,1-3H3,(H,28,30)(H,25,26,27). The Morgan fingerprint density at radius 3 is 2.34 bits per heavy atom. The average Bonchev–Trinajstić information content (AvgIpc) is 3.26. The van der Waals surface area contributed by atoms with Crippen LogP contribution in [0, 0.1) is 6.92 Å². The van der Waals surface area contributed by atoms with E-state index >= 15 is 0 Å². The fraction of sp³-hybridized carbons (Fsp3) is 0.130. The second-order valence-corrected chi connectivity index (χ2v) is 6.83. The van der Waals surface area contributed by atoms with Crippen LogP contribution in [0.2, 0.25) is 0 Å². The van der Waals surface area contributed by atoms with Crippen molar-refractivity contribution >= 4 is 23.1 Å². The van der Waals surface area contributed by atoms with Crippen molar-refractivity contribution in [3.63, 3.8) is 0 Å². The van der Waals surface area contributed by atoms with Gasteiger partial charge in [0, 0.05) is 35.4 Å². The monoisotopic (exact) mass is 430 g/mol. The highest BCUT2D eigenvalue weighted by atomic mass is 16.5. The summed E-state index contributed by atoms with van der Waals surface area (Å²) in [6.07, 6.45) is 5.06. The summed E-state index contributed by atoms with van der Waals surface area (Å²) in [5.41, 5.74) is 1.95. The minimum Gasteiger partial charge on any atom is -0.493 e. The molecule has 2 aromatic carbocycles. The van der Waals surface area contributed by atoms with Gasteiger partial charge in [-0.05, 0) is 49.4 Å². The van der Waals surface area contributed by atoms with E-state index in [1.807, 2.05) is 48.0 Å². The highest BCUT2D eigenvalue weighted by Crippen LogP contribution is 2.28. The zero-order valence-corrected chi connectivity index (χ0v) is 17.9. The first kappa shape index (κ1) is 20.9. The third-order valence-corrected chi connectivity index (χ3v) is 4.79. The van der Waals surface area contributed by atoms with E-state index < -0.39 is 0 Å². The molecule has 0 saturated carbocycles. The molecular weight excluding hydrogens is 408 g/mol. The number of carbonyl (C=O) groups excluding carboxylic acids is 1. The van der Waals surface area contributed by atoms with E-state index in [4.69, 9.17) is 9.47 Å². The van der Waals surface area contributed by atoms with E-state index in [0.29, 0.717) is 28.6 Å². The molecule has 0 aliphatic heterocycles. The van der Waals surface area contributed by atoms with Crippen LogP contribution in [0.1, 0.15) is 16.2 Å². The maximum Gasteiger partial charge on any atom is 0.255 e. The van der Waals surface area contributed by atoms with Gasteiger partial charge in [-0.25, -0.2) is 15.0 Å². The smallest absolute Gasteiger partial charge is 0.255 e. The molecule has 1 amide bonds. The predicted octanol–water partition coefficient (Wildman–Crippen LogP) is 3.98. The third-order valence-electron chi connectivity index (χ3n) is 4.79. The lowest BCUT2D eigenvalue weighted by molar-refractivity contribution is 0.102. The lowest BCUT2D eigenvalue weighted by atomic mass is 10.1. The van der Waals surface area contributed by atoms with E-state index in [1.165, 1.54) is 13.4 Å². The fourth-order valence-corrected chi connectivity index (χ4v) is 3.13. The van der Waals surface area contributed by atoms with E-state index in [-0.39, 0.29) is 5.91 Å². The van der Waals surface area contributed by atoms with Crippen molar-refractivity contribution in [3.05, 3.63) is 78.6 Å². The summed E-state index contributed by atoms with van der Waals surface area (Å²) < 4.78 is 12.3. The summed E-state index contributed by atoms with van der Waals surface area (Å²) in [6.45, 7) is 1.91. The number of hydrogen-bond donors (Lipinski definition) is 2. The second kappa shape index (κ2) is 9.17. The lowest BCUT2D eigenvalue weighted by Gasteiger charge is -2.11. The molecule has 0 unspecified atom stereocenters. The Labute approximate surface area is 185 Å². The number of carbonyl (C=O) groups is 1. The van der Waals surface area contributed by atoms with E-state index in [2.05, 4.69) is 25.6 Å². The maximum atomic E-state index is 12.6. The van der Waals surface area contributed by atoms with Crippen molar-refractivity contribution in [2.24, 2.45) is 0 Å². The number of rotatable bonds is 7. The highest BCUT2D eigenvalue weighted by Gasteiger charge is 2.11. The number of amides is 1. The van der Waals surface area contributed by atoms with Crippen LogP contribution < -0.4 is 20.1 Å². The number of nitrogens with one attached hydrogen (secondary N) is 2. The van der Waals surface area contributed by atoms with Crippen LogP contribution in [-0.2, 0) is 0 Å². The van der Waals surface area contributed by atoms with E-state index in [0.717, 1.165) is 17.3 Å². The Morgan fingerprint density at radius 2 is 1.66 bits per heavy atom. The molecule has 0 spiro atoms. The Kier molecular flexibility index (Phi) is 5.98. The lowest BCUT2D eigenvalue weighted by Crippen LogP contribution is -2.12. The van der Waals surface area contributed by atoms with Crippen molar-refractivity contribution in [1.29, 1.82) is 0 Å². The zero-order valence-electron chi connectivity index (χ0n) is 17.9. The number of aryl methyl sites for hydroxylation is 1. The molecule has 0 bridgehead atoms. The summed E-state index contributed by atoms with van der Waals surface area (Å²) in [6, 6.07) is 14.2. The molecule has 162 valence electrons. The highest BCUT2D eigenvalue weighted by molar-refractivity contribution is 6.04. The van der Waals surface area contributed by atoms with Crippen LogP contribution in [-0.4, -0.2) is 39.6 Å². The molecule has 0 fully saturated rings. The van der Waals surface area contributed by atoms with Crippen molar-refractivity contribution in [2.75, 3.05) is 24.9 Å². The molecule has 0 aliphatic rings. The Morgan fingerprint density at radius 1 is 0.906 bits per heavy atom. The molecule has 0 radical (unpaired) electrons. The molecule has 9 heteroatoms. The molecule has 32 heavy (non-hydrogen) atoms. The van der Waals surface area contributed by atoms with E-state index in [9.17, 15) is 4.79 Å². The number of anilines is 3. The SMILES string of the molecule is COc1ccc(C(=O)Nc2ccc(Nc3cc(-n4ccnc4C)ncn3)cc2)cc1OC. The summed E-state index contributed by atoms with van der Waals surface area (Å²) in [4.78, 5) is 25.4. The van der Waals surface area contributed by atoms with Gasteiger partial charge in [0.25, 0.3) is 5.91 Å². The Bertz CT molecular complexity index is 1240. The minimum absolute atomic E-state index is 0.247. The van der Waals surface area contributed by atoms with E-state index in [1.54, 1.807) is 31.5 Å². The van der Waals surface area contributed by atoms with Gasteiger partial charge in [-0.1, -0.05) is 0 Å². The average molecular weight is 430 g/mol. The largest absolute Gasteiger partial charge is 0.493 e. The van der Waals surface area contributed by atoms with Gasteiger partial charge < -0.3 is 20.1 Å². The number of benzene rings is 2. The van der Waals surface area contributed by atoms with Gasteiger partial charge in [-0.3, -0.25) is 9.36 Å². The molecule has 2 aromatic heterocycles. The number of nitrogens with zero attached hydrogens (tertiary/aromatic N) is 4. The van der Waals surface area contributed by atoms with Crippen LogP contribution >= 0.6 is 0 Å². The van der Waals surface area contributed by atoms with Crippen molar-refractivity contribution in [3.8, 4) is 17.3 Å². The summed E-state index contributed by atoms with van der Waals surface area (Å²) in [5, 5.41) is 6.11. The van der Waals surface area contributed by atoms with Crippen molar-refractivity contribution in [2.45, 2.75) is 6.92 Å². The van der Waals surface area contributed by atoms with Gasteiger partial charge in [0.2, 0.25) is 0 Å². The molecule has 4 rings (SSSR count). The minimum atomic E-state index is -0.247. The maximum absolute atomic E-state index is 12.6. The summed E-state index contributed by atoms with van der Waals surface area (Å²) >= 11 is 0. The molecule has 2 heterocycles. The number of ether oxygens (including phenoxy) is 2. The molecule has 4 aromatic rings. The predicted molar refractivity (Wildman–Crippen MR) is 121 cm³/mol. The fourth-order valence-electron chi connectivity index (χ4n) is 3.13.